The minimum atomic E-state index is 0.664. The van der Waals surface area contributed by atoms with Crippen LogP contribution in [0.25, 0.3) is 0 Å². The van der Waals surface area contributed by atoms with Gasteiger partial charge in [0.1, 0.15) is 0 Å². The predicted molar refractivity (Wildman–Crippen MR) is 41.4 cm³/mol. The van der Waals surface area contributed by atoms with Gasteiger partial charge in [0.25, 0.3) is 0 Å². The van der Waals surface area contributed by atoms with Crippen molar-refractivity contribution < 1.29 is 9.12 Å². The van der Waals surface area contributed by atoms with Crippen LogP contribution in [-0.2, 0) is 4.10 Å². The van der Waals surface area contributed by atoms with Crippen molar-refractivity contribution in [1.29, 1.82) is 0 Å². The van der Waals surface area contributed by atoms with Gasteiger partial charge in [-0.3, -0.25) is 0 Å². The largest absolute Gasteiger partial charge is 0.497 e. The Hall–Kier alpha value is -0.445. The molecule has 0 amide bonds. The molecule has 4 heteroatoms. The lowest BCUT2D eigenvalue weighted by molar-refractivity contribution is 0.491. The van der Waals surface area contributed by atoms with Gasteiger partial charge in [0.15, 0.2) is 0 Å². The molecule has 0 aliphatic carbocycles. The van der Waals surface area contributed by atoms with Gasteiger partial charge >= 0.3 is 7.69 Å². The van der Waals surface area contributed by atoms with Gasteiger partial charge in [-0.15, -0.1) is 0 Å². The number of hydrogen-bond donors (Lipinski definition) is 1. The maximum absolute atomic E-state index is 8.16. The van der Waals surface area contributed by atoms with Crippen molar-refractivity contribution in [3.8, 4) is 0 Å². The molecule has 0 fully saturated rings. The normalized spacial score (nSPS) is 9.30. The average Bonchev–Trinajstić information content (AvgIpc) is 2.03. The molecule has 51 valence electrons. The van der Waals surface area contributed by atoms with Crippen molar-refractivity contribution in [3.63, 3.8) is 0 Å². The number of benzene rings is 1. The minimum Gasteiger partial charge on any atom is -0.428 e. The zero-order chi connectivity index (χ0) is 7.23. The summed E-state index contributed by atoms with van der Waals surface area (Å²) < 4.78 is 4.57. The summed E-state index contributed by atoms with van der Waals surface area (Å²) in [6, 6.07) is 9.53. The summed E-state index contributed by atoms with van der Waals surface area (Å²) in [5.41, 5.74) is 0. The summed E-state index contributed by atoms with van der Waals surface area (Å²) in [4.78, 5) is 0.966. The maximum atomic E-state index is 8.16. The molecule has 0 aromatic heterocycles. The molecule has 1 aromatic carbocycles. The molecule has 0 saturated carbocycles. The van der Waals surface area contributed by atoms with E-state index in [1.54, 1.807) is 0 Å². The fourth-order valence-corrected chi connectivity index (χ4v) is 0.976. The Labute approximate surface area is 64.7 Å². The lowest BCUT2D eigenvalue weighted by Gasteiger charge is -1.95. The molecule has 2 nitrogen and oxygen atoms in total. The Morgan fingerprint density at radius 1 is 1.30 bits per heavy atom. The van der Waals surface area contributed by atoms with Gasteiger partial charge in [-0.05, 0) is 12.1 Å². The summed E-state index contributed by atoms with van der Waals surface area (Å²) >= 11 is 1.11. The Morgan fingerprint density at radius 2 is 2.00 bits per heavy atom. The smallest absolute Gasteiger partial charge is 0.428 e. The van der Waals surface area contributed by atoms with Gasteiger partial charge in [-0.1, -0.05) is 18.2 Å². The highest BCUT2D eigenvalue weighted by Gasteiger charge is 1.91. The second kappa shape index (κ2) is 4.38. The average molecular weight is 153 g/mol. The molecule has 0 bridgehead atoms. The van der Waals surface area contributed by atoms with Crippen molar-refractivity contribution in [2.24, 2.45) is 0 Å². The molecule has 0 unspecified atom stereocenters. The van der Waals surface area contributed by atoms with Crippen LogP contribution < -0.4 is 0 Å². The van der Waals surface area contributed by atoms with E-state index in [9.17, 15) is 0 Å². The van der Waals surface area contributed by atoms with E-state index in [0.29, 0.717) is 7.69 Å². The molecule has 0 atom stereocenters. The number of rotatable bonds is 3. The third-order valence-corrected chi connectivity index (χ3v) is 1.58. The highest BCUT2D eigenvalue weighted by molar-refractivity contribution is 7.95. The summed E-state index contributed by atoms with van der Waals surface area (Å²) in [7, 11) is 0.664. The van der Waals surface area contributed by atoms with Gasteiger partial charge < -0.3 is 9.12 Å². The summed E-state index contributed by atoms with van der Waals surface area (Å²) in [6.45, 7) is 0. The summed E-state index contributed by atoms with van der Waals surface area (Å²) in [6.07, 6.45) is 0. The van der Waals surface area contributed by atoms with E-state index >= 15 is 0 Å². The van der Waals surface area contributed by atoms with Gasteiger partial charge in [-0.25, -0.2) is 0 Å². The molecule has 0 aliphatic heterocycles. The van der Waals surface area contributed by atoms with Gasteiger partial charge in [0.2, 0.25) is 0 Å². The fraction of sp³-hybridized carbons (Fsp3) is 0. The SMILES string of the molecule is O[B]OSc1ccccc1. The van der Waals surface area contributed by atoms with Crippen LogP contribution in [-0.4, -0.2) is 12.7 Å². The van der Waals surface area contributed by atoms with Crippen LogP contribution >= 0.6 is 12.0 Å². The van der Waals surface area contributed by atoms with Crippen LogP contribution in [0, 0.1) is 0 Å². The second-order valence-corrected chi connectivity index (χ2v) is 2.43. The van der Waals surface area contributed by atoms with Crippen molar-refractivity contribution in [2.45, 2.75) is 4.90 Å². The first kappa shape index (κ1) is 7.66. The first-order valence-electron chi connectivity index (χ1n) is 2.78. The van der Waals surface area contributed by atoms with Crippen LogP contribution in [0.5, 0.6) is 0 Å². The predicted octanol–water partition coefficient (Wildman–Crippen LogP) is 1.24. The molecular weight excluding hydrogens is 147 g/mol. The van der Waals surface area contributed by atoms with E-state index in [0.717, 1.165) is 16.9 Å². The first-order chi connectivity index (χ1) is 4.93. The molecule has 0 spiro atoms. The molecular formula is C6H6BO2S. The highest BCUT2D eigenvalue weighted by atomic mass is 32.2. The Bertz CT molecular complexity index is 180. The molecule has 0 saturated heterocycles. The lowest BCUT2D eigenvalue weighted by atomic mass is 10.4. The highest BCUT2D eigenvalue weighted by Crippen LogP contribution is 2.16. The van der Waals surface area contributed by atoms with E-state index in [1.165, 1.54) is 0 Å². The molecule has 1 rings (SSSR count). The Kier molecular flexibility index (Phi) is 3.36. The Morgan fingerprint density at radius 3 is 2.60 bits per heavy atom. The minimum absolute atomic E-state index is 0.664. The summed E-state index contributed by atoms with van der Waals surface area (Å²) in [5.74, 6) is 0. The lowest BCUT2D eigenvalue weighted by Crippen LogP contribution is -1.86. The van der Waals surface area contributed by atoms with E-state index in [4.69, 9.17) is 5.02 Å². The van der Waals surface area contributed by atoms with E-state index in [1.807, 2.05) is 30.3 Å². The standard InChI is InChI=1S/C6H6BO2S/c8-7-9-10-6-4-2-1-3-5-6/h1-5,8H. The van der Waals surface area contributed by atoms with Gasteiger partial charge in [0, 0.05) is 16.9 Å². The van der Waals surface area contributed by atoms with Crippen LogP contribution in [0.2, 0.25) is 0 Å². The maximum Gasteiger partial charge on any atom is 0.497 e. The monoisotopic (exact) mass is 153 g/mol. The first-order valence-corrected chi connectivity index (χ1v) is 3.52. The van der Waals surface area contributed by atoms with Crippen molar-refractivity contribution >= 4 is 19.7 Å². The zero-order valence-electron chi connectivity index (χ0n) is 5.23. The van der Waals surface area contributed by atoms with E-state index in [-0.39, 0.29) is 0 Å². The fourth-order valence-electron chi connectivity index (χ4n) is 0.553. The van der Waals surface area contributed by atoms with Gasteiger partial charge in [0.05, 0.1) is 0 Å². The van der Waals surface area contributed by atoms with Gasteiger partial charge in [-0.2, -0.15) is 0 Å². The number of hydrogen-bond acceptors (Lipinski definition) is 3. The van der Waals surface area contributed by atoms with E-state index in [2.05, 4.69) is 4.10 Å². The third-order valence-electron chi connectivity index (χ3n) is 0.931. The molecule has 1 N–H and O–H groups in total. The van der Waals surface area contributed by atoms with Crippen molar-refractivity contribution in [2.75, 3.05) is 0 Å². The quantitative estimate of drug-likeness (QED) is 0.523. The van der Waals surface area contributed by atoms with Crippen LogP contribution in [0.15, 0.2) is 35.2 Å². The third kappa shape index (κ3) is 2.43. The topological polar surface area (TPSA) is 29.5 Å². The van der Waals surface area contributed by atoms with Crippen LogP contribution in [0.4, 0.5) is 0 Å². The summed E-state index contributed by atoms with van der Waals surface area (Å²) in [5, 5.41) is 8.16. The zero-order valence-corrected chi connectivity index (χ0v) is 6.04. The van der Waals surface area contributed by atoms with Crippen LogP contribution in [0.1, 0.15) is 0 Å². The van der Waals surface area contributed by atoms with Crippen LogP contribution in [0.3, 0.4) is 0 Å². The molecule has 0 heterocycles. The van der Waals surface area contributed by atoms with Crippen molar-refractivity contribution in [3.05, 3.63) is 30.3 Å². The molecule has 0 aliphatic rings. The Balaban J connectivity index is 2.43. The second-order valence-electron chi connectivity index (χ2n) is 1.60. The molecule has 1 aromatic rings. The van der Waals surface area contributed by atoms with E-state index < -0.39 is 0 Å². The van der Waals surface area contributed by atoms with Crippen molar-refractivity contribution in [1.82, 2.24) is 0 Å². The molecule has 1 radical (unpaired) electrons. The molecule has 10 heavy (non-hydrogen) atoms.